The van der Waals surface area contributed by atoms with Crippen LogP contribution in [0.15, 0.2) is 23.1 Å². The van der Waals surface area contributed by atoms with Crippen LogP contribution in [0.3, 0.4) is 0 Å². The molecule has 1 rings (SSSR count). The molecule has 0 heterocycles. The van der Waals surface area contributed by atoms with Crippen LogP contribution in [0, 0.1) is 0 Å². The quantitative estimate of drug-likeness (QED) is 0.864. The van der Waals surface area contributed by atoms with Gasteiger partial charge in [-0.1, -0.05) is 22.0 Å². The molecule has 0 aliphatic carbocycles. The molecule has 0 unspecified atom stereocenters. The van der Waals surface area contributed by atoms with Crippen LogP contribution in [0.1, 0.15) is 11.1 Å². The Hall–Kier alpha value is -0.600. The lowest BCUT2D eigenvalue weighted by Gasteiger charge is -2.12. The third-order valence-corrected chi connectivity index (χ3v) is 3.40. The number of benzene rings is 1. The minimum Gasteiger partial charge on any atom is -0.225 e. The maximum absolute atomic E-state index is 12.7. The number of alkyl halides is 4. The topological polar surface area (TPSA) is 60.2 Å². The highest BCUT2D eigenvalue weighted by Crippen LogP contribution is 2.34. The third kappa shape index (κ3) is 3.68. The molecule has 0 amide bonds. The summed E-state index contributed by atoms with van der Waals surface area (Å²) < 4.78 is 60.1. The lowest BCUT2D eigenvalue weighted by Crippen LogP contribution is -2.19. The zero-order chi connectivity index (χ0) is 13.3. The molecule has 1 aromatic rings. The van der Waals surface area contributed by atoms with Crippen molar-refractivity contribution in [1.82, 2.24) is 0 Å². The van der Waals surface area contributed by atoms with E-state index >= 15 is 0 Å². The standard InChI is InChI=1S/C9H9BrF3NO2S/c10-4-3-6-1-2-8(17(14,15)16)7(5-6)9(11,12)13/h1-2,5H,3-4H2,(H2,14,15,16). The molecule has 1 aromatic carbocycles. The molecular weight excluding hydrogens is 323 g/mol. The van der Waals surface area contributed by atoms with Crippen molar-refractivity contribution in [1.29, 1.82) is 0 Å². The van der Waals surface area contributed by atoms with Gasteiger partial charge in [-0.2, -0.15) is 13.2 Å². The number of hydrogen-bond acceptors (Lipinski definition) is 2. The molecule has 0 saturated heterocycles. The number of aryl methyl sites for hydroxylation is 1. The second-order valence-electron chi connectivity index (χ2n) is 3.31. The Morgan fingerprint density at radius 1 is 1.29 bits per heavy atom. The average Bonchev–Trinajstić information content (AvgIpc) is 2.15. The van der Waals surface area contributed by atoms with Gasteiger partial charge in [-0.25, -0.2) is 13.6 Å². The largest absolute Gasteiger partial charge is 0.417 e. The summed E-state index contributed by atoms with van der Waals surface area (Å²) in [5.41, 5.74) is -0.833. The van der Waals surface area contributed by atoms with Crippen LogP contribution >= 0.6 is 15.9 Å². The molecule has 2 N–H and O–H groups in total. The summed E-state index contributed by atoms with van der Waals surface area (Å²) in [6.45, 7) is 0. The number of primary sulfonamides is 1. The predicted molar refractivity (Wildman–Crippen MR) is 60.3 cm³/mol. The van der Waals surface area contributed by atoms with Crippen LogP contribution in [0.5, 0.6) is 0 Å². The van der Waals surface area contributed by atoms with Crippen LogP contribution < -0.4 is 5.14 Å². The number of halogens is 4. The molecule has 17 heavy (non-hydrogen) atoms. The van der Waals surface area contributed by atoms with E-state index in [1.165, 1.54) is 6.07 Å². The van der Waals surface area contributed by atoms with Crippen LogP contribution in [0.2, 0.25) is 0 Å². The summed E-state index contributed by atoms with van der Waals surface area (Å²) >= 11 is 3.09. The van der Waals surface area contributed by atoms with Crippen molar-refractivity contribution < 1.29 is 21.6 Å². The molecule has 0 saturated carbocycles. The number of rotatable bonds is 3. The fraction of sp³-hybridized carbons (Fsp3) is 0.333. The van der Waals surface area contributed by atoms with Crippen molar-refractivity contribution in [3.05, 3.63) is 29.3 Å². The first-order valence-corrected chi connectivity index (χ1v) is 7.12. The van der Waals surface area contributed by atoms with Gasteiger partial charge in [-0.3, -0.25) is 0 Å². The van der Waals surface area contributed by atoms with E-state index in [1.54, 1.807) is 0 Å². The van der Waals surface area contributed by atoms with Gasteiger partial charge >= 0.3 is 6.18 Å². The minimum atomic E-state index is -4.75. The van der Waals surface area contributed by atoms with Gasteiger partial charge in [0.1, 0.15) is 0 Å². The molecule has 0 aliphatic rings. The zero-order valence-corrected chi connectivity index (χ0v) is 10.9. The van der Waals surface area contributed by atoms with E-state index < -0.39 is 26.7 Å². The Bertz CT molecular complexity index is 513. The van der Waals surface area contributed by atoms with Crippen LogP contribution in [-0.2, 0) is 22.6 Å². The Labute approximate surface area is 105 Å². The fourth-order valence-electron chi connectivity index (χ4n) is 1.31. The molecule has 0 fully saturated rings. The SMILES string of the molecule is NS(=O)(=O)c1ccc(CCBr)cc1C(F)(F)F. The van der Waals surface area contributed by atoms with Crippen LogP contribution in [0.4, 0.5) is 13.2 Å². The maximum Gasteiger partial charge on any atom is 0.417 e. The monoisotopic (exact) mass is 331 g/mol. The van der Waals surface area contributed by atoms with Gasteiger partial charge in [0.15, 0.2) is 0 Å². The van der Waals surface area contributed by atoms with E-state index in [9.17, 15) is 21.6 Å². The Morgan fingerprint density at radius 2 is 1.88 bits per heavy atom. The van der Waals surface area contributed by atoms with E-state index in [0.29, 0.717) is 17.3 Å². The number of nitrogens with two attached hydrogens (primary N) is 1. The first-order valence-electron chi connectivity index (χ1n) is 4.45. The first-order chi connectivity index (χ1) is 7.66. The lowest BCUT2D eigenvalue weighted by molar-refractivity contribution is -0.139. The molecular formula is C9H9BrF3NO2S. The smallest absolute Gasteiger partial charge is 0.225 e. The van der Waals surface area contributed by atoms with Gasteiger partial charge in [0.2, 0.25) is 10.0 Å². The van der Waals surface area contributed by atoms with Gasteiger partial charge in [0, 0.05) is 5.33 Å². The molecule has 0 atom stereocenters. The summed E-state index contributed by atoms with van der Waals surface area (Å²) in [6, 6.07) is 3.01. The first kappa shape index (κ1) is 14.5. The maximum atomic E-state index is 12.7. The highest BCUT2D eigenvalue weighted by atomic mass is 79.9. The molecule has 3 nitrogen and oxygen atoms in total. The number of sulfonamides is 1. The summed E-state index contributed by atoms with van der Waals surface area (Å²) in [6.07, 6.45) is -4.38. The van der Waals surface area contributed by atoms with Crippen molar-refractivity contribution in [3.8, 4) is 0 Å². The molecule has 0 aromatic heterocycles. The van der Waals surface area contributed by atoms with Crippen molar-refractivity contribution >= 4 is 26.0 Å². The molecule has 8 heteroatoms. The van der Waals surface area contributed by atoms with Crippen LogP contribution in [-0.4, -0.2) is 13.7 Å². The van der Waals surface area contributed by atoms with Gasteiger partial charge in [-0.15, -0.1) is 0 Å². The second kappa shape index (κ2) is 4.95. The van der Waals surface area contributed by atoms with Crippen molar-refractivity contribution in [3.63, 3.8) is 0 Å². The van der Waals surface area contributed by atoms with E-state index in [1.807, 2.05) is 0 Å². The van der Waals surface area contributed by atoms with E-state index in [4.69, 9.17) is 5.14 Å². The Morgan fingerprint density at radius 3 is 2.29 bits per heavy atom. The molecule has 0 spiro atoms. The summed E-state index contributed by atoms with van der Waals surface area (Å²) in [4.78, 5) is -0.900. The molecule has 0 radical (unpaired) electrons. The molecule has 0 aliphatic heterocycles. The highest BCUT2D eigenvalue weighted by molar-refractivity contribution is 9.09. The normalized spacial score (nSPS) is 12.8. The molecule has 0 bridgehead atoms. The second-order valence-corrected chi connectivity index (χ2v) is 5.64. The summed E-state index contributed by atoms with van der Waals surface area (Å²) in [7, 11) is -4.38. The minimum absolute atomic E-state index is 0.369. The predicted octanol–water partition coefficient (Wildman–Crippen LogP) is 2.29. The summed E-state index contributed by atoms with van der Waals surface area (Å²) in [5, 5.41) is 5.23. The lowest BCUT2D eigenvalue weighted by atomic mass is 10.1. The highest BCUT2D eigenvalue weighted by Gasteiger charge is 2.36. The summed E-state index contributed by atoms with van der Waals surface area (Å²) in [5.74, 6) is 0. The van der Waals surface area contributed by atoms with Crippen molar-refractivity contribution in [2.45, 2.75) is 17.5 Å². The van der Waals surface area contributed by atoms with E-state index in [-0.39, 0.29) is 0 Å². The Kier molecular flexibility index (Phi) is 4.21. The molecule has 96 valence electrons. The van der Waals surface area contributed by atoms with Gasteiger partial charge in [0.25, 0.3) is 0 Å². The fourth-order valence-corrected chi connectivity index (χ4v) is 2.51. The van der Waals surface area contributed by atoms with Crippen LogP contribution in [0.25, 0.3) is 0 Å². The van der Waals surface area contributed by atoms with E-state index in [2.05, 4.69) is 15.9 Å². The Balaban J connectivity index is 3.43. The van der Waals surface area contributed by atoms with Gasteiger partial charge in [-0.05, 0) is 24.1 Å². The number of hydrogen-bond donors (Lipinski definition) is 1. The van der Waals surface area contributed by atoms with Gasteiger partial charge in [0.05, 0.1) is 10.5 Å². The van der Waals surface area contributed by atoms with E-state index in [0.717, 1.165) is 12.1 Å². The average molecular weight is 332 g/mol. The zero-order valence-electron chi connectivity index (χ0n) is 8.46. The van der Waals surface area contributed by atoms with Crippen molar-refractivity contribution in [2.24, 2.45) is 5.14 Å². The third-order valence-electron chi connectivity index (χ3n) is 2.04. The van der Waals surface area contributed by atoms with Gasteiger partial charge < -0.3 is 0 Å². The van der Waals surface area contributed by atoms with Crippen molar-refractivity contribution in [2.75, 3.05) is 5.33 Å².